The van der Waals surface area contributed by atoms with Crippen molar-refractivity contribution in [2.45, 2.75) is 25.3 Å². The van der Waals surface area contributed by atoms with Crippen LogP contribution in [0.5, 0.6) is 0 Å². The van der Waals surface area contributed by atoms with Gasteiger partial charge in [-0.25, -0.2) is 9.78 Å². The summed E-state index contributed by atoms with van der Waals surface area (Å²) >= 11 is 1.45. The molecule has 0 bridgehead atoms. The number of aromatic nitrogens is 1. The van der Waals surface area contributed by atoms with Gasteiger partial charge in [-0.1, -0.05) is 30.3 Å². The van der Waals surface area contributed by atoms with Gasteiger partial charge in [0.15, 0.2) is 10.8 Å². The molecule has 1 aliphatic carbocycles. The molecule has 1 aromatic heterocycles. The van der Waals surface area contributed by atoms with E-state index in [-0.39, 0.29) is 5.97 Å². The highest BCUT2D eigenvalue weighted by atomic mass is 32.1. The normalized spacial score (nSPS) is 20.4. The SMILES string of the molecule is CCOC(=O)c1csc(NC2CC2c2ccccc2)n1. The number of nitrogens with one attached hydrogen (secondary N) is 1. The van der Waals surface area contributed by atoms with E-state index in [9.17, 15) is 4.79 Å². The number of anilines is 1. The molecule has 0 amide bonds. The van der Waals surface area contributed by atoms with E-state index in [2.05, 4.69) is 34.6 Å². The van der Waals surface area contributed by atoms with Gasteiger partial charge in [0.25, 0.3) is 0 Å². The van der Waals surface area contributed by atoms with Crippen LogP contribution in [0.3, 0.4) is 0 Å². The van der Waals surface area contributed by atoms with Crippen molar-refractivity contribution in [2.24, 2.45) is 0 Å². The van der Waals surface area contributed by atoms with Crippen molar-refractivity contribution in [3.8, 4) is 0 Å². The zero-order valence-electron chi connectivity index (χ0n) is 11.2. The summed E-state index contributed by atoms with van der Waals surface area (Å²) in [6.45, 7) is 2.16. The molecule has 1 aromatic carbocycles. The largest absolute Gasteiger partial charge is 0.461 e. The summed E-state index contributed by atoms with van der Waals surface area (Å²) < 4.78 is 4.93. The minimum atomic E-state index is -0.354. The van der Waals surface area contributed by atoms with Gasteiger partial charge in [-0.3, -0.25) is 0 Å². The van der Waals surface area contributed by atoms with Crippen LogP contribution in [0.25, 0.3) is 0 Å². The Bertz CT molecular complexity index is 597. The van der Waals surface area contributed by atoms with Crippen molar-refractivity contribution in [1.82, 2.24) is 4.98 Å². The Labute approximate surface area is 121 Å². The average Bonchev–Trinajstić information content (AvgIpc) is 3.07. The Morgan fingerprint density at radius 1 is 1.45 bits per heavy atom. The van der Waals surface area contributed by atoms with Crippen LogP contribution in [0.4, 0.5) is 5.13 Å². The summed E-state index contributed by atoms with van der Waals surface area (Å²) in [6, 6.07) is 10.9. The summed E-state index contributed by atoms with van der Waals surface area (Å²) in [5.74, 6) is 0.193. The van der Waals surface area contributed by atoms with Crippen molar-refractivity contribution in [3.05, 3.63) is 47.0 Å². The number of hydrogen-bond acceptors (Lipinski definition) is 5. The highest BCUT2D eigenvalue weighted by Gasteiger charge is 2.38. The number of hydrogen-bond donors (Lipinski definition) is 1. The molecular formula is C15H16N2O2S. The third kappa shape index (κ3) is 2.82. The smallest absolute Gasteiger partial charge is 0.357 e. The number of nitrogens with zero attached hydrogens (tertiary/aromatic N) is 1. The van der Waals surface area contributed by atoms with Crippen molar-refractivity contribution in [1.29, 1.82) is 0 Å². The maximum Gasteiger partial charge on any atom is 0.357 e. The van der Waals surface area contributed by atoms with Crippen molar-refractivity contribution < 1.29 is 9.53 Å². The van der Waals surface area contributed by atoms with Gasteiger partial charge in [0.1, 0.15) is 0 Å². The second kappa shape index (κ2) is 5.63. The molecule has 1 saturated carbocycles. The molecule has 5 heteroatoms. The predicted octanol–water partition coefficient (Wildman–Crippen LogP) is 3.29. The van der Waals surface area contributed by atoms with E-state index in [1.165, 1.54) is 16.9 Å². The van der Waals surface area contributed by atoms with Crippen LogP contribution in [-0.2, 0) is 4.74 Å². The van der Waals surface area contributed by atoms with E-state index in [1.807, 2.05) is 6.07 Å². The Morgan fingerprint density at radius 2 is 2.25 bits per heavy atom. The van der Waals surface area contributed by atoms with Crippen molar-refractivity contribution >= 4 is 22.4 Å². The third-order valence-electron chi connectivity index (χ3n) is 3.32. The summed E-state index contributed by atoms with van der Waals surface area (Å²) in [6.07, 6.45) is 1.11. The third-order valence-corrected chi connectivity index (χ3v) is 4.09. The van der Waals surface area contributed by atoms with Crippen LogP contribution >= 0.6 is 11.3 Å². The van der Waals surface area contributed by atoms with E-state index >= 15 is 0 Å². The molecule has 20 heavy (non-hydrogen) atoms. The zero-order valence-corrected chi connectivity index (χ0v) is 12.0. The number of carbonyl (C=O) groups is 1. The maximum absolute atomic E-state index is 11.5. The van der Waals surface area contributed by atoms with Crippen LogP contribution in [0, 0.1) is 0 Å². The Balaban J connectivity index is 1.59. The Morgan fingerprint density at radius 3 is 3.00 bits per heavy atom. The van der Waals surface area contributed by atoms with E-state index in [0.717, 1.165) is 11.6 Å². The number of esters is 1. The van der Waals surface area contributed by atoms with Crippen LogP contribution < -0.4 is 5.32 Å². The lowest BCUT2D eigenvalue weighted by Gasteiger charge is -2.02. The standard InChI is InChI=1S/C15H16N2O2S/c1-2-19-14(18)13-9-20-15(17-13)16-12-8-11(12)10-6-4-3-5-7-10/h3-7,9,11-12H,2,8H2,1H3,(H,16,17). The number of benzene rings is 1. The van der Waals surface area contributed by atoms with Gasteiger partial charge >= 0.3 is 5.97 Å². The van der Waals surface area contributed by atoms with Crippen LogP contribution in [0.15, 0.2) is 35.7 Å². The predicted molar refractivity (Wildman–Crippen MR) is 79.3 cm³/mol. The highest BCUT2D eigenvalue weighted by molar-refractivity contribution is 7.13. The van der Waals surface area contributed by atoms with Gasteiger partial charge in [-0.05, 0) is 18.9 Å². The summed E-state index contributed by atoms with van der Waals surface area (Å²) in [7, 11) is 0. The second-order valence-electron chi connectivity index (χ2n) is 4.76. The maximum atomic E-state index is 11.5. The van der Waals surface area contributed by atoms with Crippen molar-refractivity contribution in [3.63, 3.8) is 0 Å². The molecule has 104 valence electrons. The fourth-order valence-corrected chi connectivity index (χ4v) is 2.96. The Kier molecular flexibility index (Phi) is 3.69. The number of carbonyl (C=O) groups excluding carboxylic acids is 1. The average molecular weight is 288 g/mol. The first-order valence-electron chi connectivity index (χ1n) is 6.72. The zero-order chi connectivity index (χ0) is 13.9. The fraction of sp³-hybridized carbons (Fsp3) is 0.333. The van der Waals surface area contributed by atoms with Crippen molar-refractivity contribution in [2.75, 3.05) is 11.9 Å². The summed E-state index contributed by atoms with van der Waals surface area (Å²) in [5, 5.41) is 5.91. The molecule has 1 heterocycles. The van der Waals surface area contributed by atoms with Gasteiger partial charge < -0.3 is 10.1 Å². The molecule has 1 aliphatic rings. The molecule has 0 spiro atoms. The minimum absolute atomic E-state index is 0.354. The van der Waals surface area contributed by atoms with Crippen LogP contribution in [0.2, 0.25) is 0 Å². The number of thiazole rings is 1. The van der Waals surface area contributed by atoms with Gasteiger partial charge in [-0.15, -0.1) is 11.3 Å². The molecular weight excluding hydrogens is 272 g/mol. The van der Waals surface area contributed by atoms with E-state index in [0.29, 0.717) is 24.3 Å². The molecule has 1 N–H and O–H groups in total. The lowest BCUT2D eigenvalue weighted by Crippen LogP contribution is -2.07. The molecule has 2 aromatic rings. The molecule has 0 radical (unpaired) electrons. The monoisotopic (exact) mass is 288 g/mol. The van der Waals surface area contributed by atoms with Crippen LogP contribution in [-0.4, -0.2) is 23.6 Å². The van der Waals surface area contributed by atoms with Gasteiger partial charge in [0.05, 0.1) is 6.61 Å². The summed E-state index contributed by atoms with van der Waals surface area (Å²) in [5.41, 5.74) is 1.74. The van der Waals surface area contributed by atoms with E-state index in [1.54, 1.807) is 12.3 Å². The van der Waals surface area contributed by atoms with E-state index in [4.69, 9.17) is 4.74 Å². The first kappa shape index (κ1) is 13.1. The lowest BCUT2D eigenvalue weighted by atomic mass is 10.1. The topological polar surface area (TPSA) is 51.2 Å². The quantitative estimate of drug-likeness (QED) is 0.858. The molecule has 1 fully saturated rings. The molecule has 0 saturated heterocycles. The second-order valence-corrected chi connectivity index (χ2v) is 5.62. The molecule has 3 rings (SSSR count). The highest BCUT2D eigenvalue weighted by Crippen LogP contribution is 2.43. The molecule has 2 unspecified atom stereocenters. The first-order chi connectivity index (χ1) is 9.78. The van der Waals surface area contributed by atoms with Crippen LogP contribution in [0.1, 0.15) is 35.3 Å². The number of rotatable bonds is 5. The fourth-order valence-electron chi connectivity index (χ4n) is 2.22. The van der Waals surface area contributed by atoms with Gasteiger partial charge in [-0.2, -0.15) is 0 Å². The minimum Gasteiger partial charge on any atom is -0.461 e. The van der Waals surface area contributed by atoms with E-state index < -0.39 is 0 Å². The first-order valence-corrected chi connectivity index (χ1v) is 7.60. The van der Waals surface area contributed by atoms with Gasteiger partial charge in [0, 0.05) is 17.3 Å². The molecule has 2 atom stereocenters. The lowest BCUT2D eigenvalue weighted by molar-refractivity contribution is 0.0520. The number of ether oxygens (including phenoxy) is 1. The molecule has 0 aliphatic heterocycles. The molecule has 4 nitrogen and oxygen atoms in total. The Hall–Kier alpha value is -1.88. The van der Waals surface area contributed by atoms with Gasteiger partial charge in [0.2, 0.25) is 0 Å². The summed E-state index contributed by atoms with van der Waals surface area (Å²) in [4.78, 5) is 15.8.